The van der Waals surface area contributed by atoms with Gasteiger partial charge in [0.15, 0.2) is 11.7 Å². The summed E-state index contributed by atoms with van der Waals surface area (Å²) in [4.78, 5) is 12.8. The Balaban J connectivity index is 3.02. The van der Waals surface area contributed by atoms with Crippen LogP contribution in [0, 0.1) is 11.3 Å². The Bertz CT molecular complexity index is 551. The summed E-state index contributed by atoms with van der Waals surface area (Å²) >= 11 is 0. The maximum atomic E-state index is 12.8. The third-order valence-corrected chi connectivity index (χ3v) is 5.10. The van der Waals surface area contributed by atoms with Crippen LogP contribution in [0.25, 0.3) is 0 Å². The van der Waals surface area contributed by atoms with E-state index in [2.05, 4.69) is 20.8 Å². The van der Waals surface area contributed by atoms with Crippen molar-refractivity contribution in [2.24, 2.45) is 11.3 Å². The van der Waals surface area contributed by atoms with Crippen LogP contribution >= 0.6 is 7.80 Å². The molecular formula is C19H30O4P+. The van der Waals surface area contributed by atoms with Crippen molar-refractivity contribution < 1.29 is 18.8 Å². The Morgan fingerprint density at radius 3 is 2.04 bits per heavy atom. The fourth-order valence-corrected chi connectivity index (χ4v) is 4.20. The second-order valence-corrected chi connectivity index (χ2v) is 8.76. The van der Waals surface area contributed by atoms with Crippen molar-refractivity contribution in [2.45, 2.75) is 48.0 Å². The molecule has 0 saturated carbocycles. The Morgan fingerprint density at radius 1 is 1.12 bits per heavy atom. The molecule has 0 saturated heterocycles. The molecule has 24 heavy (non-hydrogen) atoms. The highest BCUT2D eigenvalue weighted by Crippen LogP contribution is 2.40. The Hall–Kier alpha value is -1.41. The van der Waals surface area contributed by atoms with Gasteiger partial charge in [-0.25, -0.2) is 4.79 Å². The van der Waals surface area contributed by atoms with Crippen LogP contribution in [0.4, 0.5) is 0 Å². The van der Waals surface area contributed by atoms with Gasteiger partial charge in [0, 0.05) is 5.92 Å². The van der Waals surface area contributed by atoms with Crippen LogP contribution in [0.3, 0.4) is 0 Å². The molecule has 0 aliphatic carbocycles. The molecule has 0 fully saturated rings. The fourth-order valence-electron chi connectivity index (χ4n) is 2.87. The SMILES string of the molecule is CCOc1cccc(OCC)c1C(=O)[P+](=O)CC(C)CC(C)(C)C. The maximum absolute atomic E-state index is 12.8. The van der Waals surface area contributed by atoms with Gasteiger partial charge in [-0.3, -0.25) is 0 Å². The van der Waals surface area contributed by atoms with Crippen LogP contribution in [0.15, 0.2) is 18.2 Å². The van der Waals surface area contributed by atoms with Gasteiger partial charge in [-0.05, 0) is 37.8 Å². The number of ether oxygens (including phenoxy) is 2. The van der Waals surface area contributed by atoms with Crippen molar-refractivity contribution in [3.8, 4) is 11.5 Å². The van der Waals surface area contributed by atoms with E-state index in [4.69, 9.17) is 9.47 Å². The van der Waals surface area contributed by atoms with E-state index in [1.165, 1.54) is 0 Å². The predicted molar refractivity (Wildman–Crippen MR) is 98.8 cm³/mol. The van der Waals surface area contributed by atoms with Crippen LogP contribution in [-0.4, -0.2) is 24.9 Å². The molecule has 5 heteroatoms. The molecule has 0 spiro atoms. The monoisotopic (exact) mass is 353 g/mol. The van der Waals surface area contributed by atoms with Gasteiger partial charge >= 0.3 is 13.3 Å². The number of hydrogen-bond acceptors (Lipinski definition) is 4. The lowest BCUT2D eigenvalue weighted by Gasteiger charge is -2.20. The zero-order valence-electron chi connectivity index (χ0n) is 15.7. The topological polar surface area (TPSA) is 52.6 Å². The Morgan fingerprint density at radius 2 is 1.62 bits per heavy atom. The zero-order valence-corrected chi connectivity index (χ0v) is 16.6. The summed E-state index contributed by atoms with van der Waals surface area (Å²) in [5, 5.41) is 0. The van der Waals surface area contributed by atoms with E-state index in [9.17, 15) is 9.36 Å². The highest BCUT2D eigenvalue weighted by Gasteiger charge is 2.37. The van der Waals surface area contributed by atoms with Crippen molar-refractivity contribution in [1.29, 1.82) is 0 Å². The Kier molecular flexibility index (Phi) is 7.89. The number of hydrogen-bond donors (Lipinski definition) is 0. The van der Waals surface area contributed by atoms with Crippen molar-refractivity contribution >= 4 is 13.3 Å². The first-order valence-electron chi connectivity index (χ1n) is 8.57. The fraction of sp³-hybridized carbons (Fsp3) is 0.632. The van der Waals surface area contributed by atoms with E-state index in [1.54, 1.807) is 18.2 Å². The van der Waals surface area contributed by atoms with Gasteiger partial charge in [-0.2, -0.15) is 0 Å². The average Bonchev–Trinajstić information content (AvgIpc) is 2.45. The van der Waals surface area contributed by atoms with Gasteiger partial charge in [0.2, 0.25) is 0 Å². The van der Waals surface area contributed by atoms with Crippen molar-refractivity contribution in [2.75, 3.05) is 19.4 Å². The second kappa shape index (κ2) is 9.17. The summed E-state index contributed by atoms with van der Waals surface area (Å²) in [5.41, 5.74) is 0.0850. The average molecular weight is 353 g/mol. The number of carbonyl (C=O) groups is 1. The van der Waals surface area contributed by atoms with Gasteiger partial charge in [0.1, 0.15) is 11.5 Å². The minimum Gasteiger partial charge on any atom is -0.493 e. The van der Waals surface area contributed by atoms with Gasteiger partial charge in [0.25, 0.3) is 0 Å². The third kappa shape index (κ3) is 6.24. The number of carbonyl (C=O) groups excluding carboxylic acids is 1. The van der Waals surface area contributed by atoms with E-state index < -0.39 is 7.80 Å². The van der Waals surface area contributed by atoms with E-state index in [0.717, 1.165) is 6.42 Å². The highest BCUT2D eigenvalue weighted by molar-refractivity contribution is 7.64. The first-order valence-corrected chi connectivity index (χ1v) is 10.0. The molecular weight excluding hydrogens is 323 g/mol. The van der Waals surface area contributed by atoms with Crippen molar-refractivity contribution in [1.82, 2.24) is 0 Å². The molecule has 4 nitrogen and oxygen atoms in total. The highest BCUT2D eigenvalue weighted by atomic mass is 31.1. The number of benzene rings is 1. The van der Waals surface area contributed by atoms with E-state index in [1.807, 2.05) is 20.8 Å². The summed E-state index contributed by atoms with van der Waals surface area (Å²) in [6.45, 7) is 13.1. The lowest BCUT2D eigenvalue weighted by Crippen LogP contribution is -2.14. The van der Waals surface area contributed by atoms with Crippen LogP contribution in [-0.2, 0) is 4.57 Å². The van der Waals surface area contributed by atoms with Gasteiger partial charge in [-0.1, -0.05) is 38.3 Å². The van der Waals surface area contributed by atoms with Crippen LogP contribution in [0.2, 0.25) is 0 Å². The maximum Gasteiger partial charge on any atom is 0.420 e. The molecule has 1 aromatic rings. The second-order valence-electron chi connectivity index (χ2n) is 7.23. The minimum absolute atomic E-state index is 0.151. The molecule has 1 rings (SSSR count). The summed E-state index contributed by atoms with van der Waals surface area (Å²) in [5.74, 6) is 1.10. The molecule has 0 N–H and O–H groups in total. The quantitative estimate of drug-likeness (QED) is 0.548. The summed E-state index contributed by atoms with van der Waals surface area (Å²) < 4.78 is 23.7. The van der Waals surface area contributed by atoms with Crippen LogP contribution < -0.4 is 9.47 Å². The van der Waals surface area contributed by atoms with Gasteiger partial charge in [0.05, 0.1) is 13.2 Å². The van der Waals surface area contributed by atoms with E-state index in [0.29, 0.717) is 36.4 Å². The number of rotatable bonds is 9. The molecule has 0 bridgehead atoms. The van der Waals surface area contributed by atoms with Crippen molar-refractivity contribution in [3.05, 3.63) is 23.8 Å². The summed E-state index contributed by atoms with van der Waals surface area (Å²) in [6, 6.07) is 5.23. The smallest absolute Gasteiger partial charge is 0.420 e. The molecule has 0 radical (unpaired) electrons. The lowest BCUT2D eigenvalue weighted by atomic mass is 9.86. The van der Waals surface area contributed by atoms with Gasteiger partial charge in [-0.15, -0.1) is 0 Å². The molecule has 2 unspecified atom stereocenters. The Labute approximate surface area is 146 Å². The third-order valence-electron chi connectivity index (χ3n) is 3.47. The van der Waals surface area contributed by atoms with E-state index in [-0.39, 0.29) is 16.9 Å². The summed E-state index contributed by atoms with van der Waals surface area (Å²) in [6.07, 6.45) is 1.31. The molecule has 0 amide bonds. The lowest BCUT2D eigenvalue weighted by molar-refractivity contribution is 0.107. The zero-order chi connectivity index (χ0) is 18.3. The molecule has 0 aliphatic rings. The first kappa shape index (κ1) is 20.6. The normalized spacial score (nSPS) is 13.3. The van der Waals surface area contributed by atoms with Crippen LogP contribution in [0.1, 0.15) is 58.3 Å². The molecule has 2 atom stereocenters. The molecule has 134 valence electrons. The minimum atomic E-state index is -2.01. The first-order chi connectivity index (χ1) is 11.2. The largest absolute Gasteiger partial charge is 0.493 e. The summed E-state index contributed by atoms with van der Waals surface area (Å²) in [7, 11) is -2.01. The van der Waals surface area contributed by atoms with Crippen LogP contribution in [0.5, 0.6) is 11.5 Å². The van der Waals surface area contributed by atoms with Crippen molar-refractivity contribution in [3.63, 3.8) is 0 Å². The van der Waals surface area contributed by atoms with E-state index >= 15 is 0 Å². The molecule has 0 aliphatic heterocycles. The predicted octanol–water partition coefficient (Wildman–Crippen LogP) is 5.52. The molecule has 1 aromatic carbocycles. The molecule has 0 aromatic heterocycles. The standard InChI is InChI=1S/C19H30O4P/c1-7-22-15-10-9-11-16(23-8-2)17(15)18(20)24(21)13-14(3)12-19(4,5)6/h9-11,14H,7-8,12-13H2,1-6H3/q+1. The van der Waals surface area contributed by atoms with Gasteiger partial charge < -0.3 is 9.47 Å². The molecule has 0 heterocycles.